The lowest BCUT2D eigenvalue weighted by molar-refractivity contribution is -0.117. The molecule has 0 spiro atoms. The molecule has 1 heteroatoms. The molecule has 1 nitrogen and oxygen atoms in total. The van der Waals surface area contributed by atoms with E-state index in [0.717, 1.165) is 30.6 Å². The molecular formula is C18H36O. The Bertz CT molecular complexity index is 220. The van der Waals surface area contributed by atoms with Crippen molar-refractivity contribution in [3.63, 3.8) is 0 Å². The first-order valence-corrected chi connectivity index (χ1v) is 8.41. The summed E-state index contributed by atoms with van der Waals surface area (Å²) in [5, 5.41) is 0. The Hall–Kier alpha value is -0.330. The molecule has 0 radical (unpaired) electrons. The minimum Gasteiger partial charge on any atom is -0.300 e. The van der Waals surface area contributed by atoms with Gasteiger partial charge in [0.1, 0.15) is 5.78 Å². The molecule has 0 rings (SSSR count). The Morgan fingerprint density at radius 1 is 0.737 bits per heavy atom. The van der Waals surface area contributed by atoms with E-state index in [4.69, 9.17) is 0 Å². The van der Waals surface area contributed by atoms with Crippen molar-refractivity contribution in [3.8, 4) is 0 Å². The fourth-order valence-corrected chi connectivity index (χ4v) is 2.68. The summed E-state index contributed by atoms with van der Waals surface area (Å²) < 4.78 is 0. The molecule has 0 saturated carbocycles. The highest BCUT2D eigenvalue weighted by Crippen LogP contribution is 2.21. The second-order valence-corrected chi connectivity index (χ2v) is 7.06. The van der Waals surface area contributed by atoms with Gasteiger partial charge >= 0.3 is 0 Å². The van der Waals surface area contributed by atoms with Crippen molar-refractivity contribution < 1.29 is 4.79 Å². The molecule has 0 amide bonds. The van der Waals surface area contributed by atoms with E-state index >= 15 is 0 Å². The molecule has 0 N–H and O–H groups in total. The number of hydrogen-bond donors (Lipinski definition) is 0. The normalized spacial score (nSPS) is 14.6. The number of Topliss-reactive ketones (excluding diaryl/α,β-unsaturated/α-hetero) is 1. The van der Waals surface area contributed by atoms with Crippen molar-refractivity contribution in [2.75, 3.05) is 0 Å². The Kier molecular flexibility index (Phi) is 11.3. The molecule has 2 atom stereocenters. The Labute approximate surface area is 121 Å². The summed E-state index contributed by atoms with van der Waals surface area (Å²) in [6.45, 7) is 11.1. The van der Waals surface area contributed by atoms with Crippen LogP contribution in [0.1, 0.15) is 92.4 Å². The van der Waals surface area contributed by atoms with E-state index in [0.29, 0.717) is 5.78 Å². The zero-order chi connectivity index (χ0) is 14.7. The van der Waals surface area contributed by atoms with Gasteiger partial charge in [-0.1, -0.05) is 72.6 Å². The van der Waals surface area contributed by atoms with E-state index in [1.807, 2.05) is 0 Å². The molecule has 0 aromatic heterocycles. The van der Waals surface area contributed by atoms with Crippen LogP contribution in [0.15, 0.2) is 0 Å². The van der Waals surface area contributed by atoms with Gasteiger partial charge in [0.05, 0.1) is 0 Å². The first-order chi connectivity index (χ1) is 8.91. The zero-order valence-electron chi connectivity index (χ0n) is 14.0. The van der Waals surface area contributed by atoms with Crippen LogP contribution >= 0.6 is 0 Å². The Morgan fingerprint density at radius 2 is 1.16 bits per heavy atom. The maximum atomic E-state index is 10.9. The standard InChI is InChI=1S/C18H36O/c1-15(2)9-6-10-16(3)11-7-12-17(4)13-8-14-18(5)19/h15-17H,6-14H2,1-5H3/t16-,17+/m0/s1. The van der Waals surface area contributed by atoms with Gasteiger partial charge in [0.15, 0.2) is 0 Å². The highest BCUT2D eigenvalue weighted by Gasteiger charge is 2.06. The average Bonchev–Trinajstić information content (AvgIpc) is 2.27. The van der Waals surface area contributed by atoms with Gasteiger partial charge in [0, 0.05) is 6.42 Å². The molecule has 0 saturated heterocycles. The van der Waals surface area contributed by atoms with E-state index in [-0.39, 0.29) is 0 Å². The van der Waals surface area contributed by atoms with Gasteiger partial charge in [-0.2, -0.15) is 0 Å². The summed E-state index contributed by atoms with van der Waals surface area (Å²) in [4.78, 5) is 10.9. The molecule has 0 aromatic rings. The minimum atomic E-state index is 0.339. The molecule has 0 heterocycles. The van der Waals surface area contributed by atoms with Crippen LogP contribution in [-0.2, 0) is 4.79 Å². The predicted octanol–water partition coefficient (Wildman–Crippen LogP) is 6.01. The first-order valence-electron chi connectivity index (χ1n) is 8.41. The molecule has 0 aromatic carbocycles. The van der Waals surface area contributed by atoms with Crippen LogP contribution in [0.25, 0.3) is 0 Å². The van der Waals surface area contributed by atoms with E-state index in [9.17, 15) is 4.79 Å². The minimum absolute atomic E-state index is 0.339. The summed E-state index contributed by atoms with van der Waals surface area (Å²) in [5.74, 6) is 2.88. The smallest absolute Gasteiger partial charge is 0.129 e. The van der Waals surface area contributed by atoms with Gasteiger partial charge in [-0.05, 0) is 31.1 Å². The number of carbonyl (C=O) groups excluding carboxylic acids is 1. The fraction of sp³-hybridized carbons (Fsp3) is 0.944. The number of hydrogen-bond acceptors (Lipinski definition) is 1. The third kappa shape index (κ3) is 13.9. The zero-order valence-corrected chi connectivity index (χ0v) is 14.0. The number of ketones is 1. The highest BCUT2D eigenvalue weighted by molar-refractivity contribution is 5.75. The lowest BCUT2D eigenvalue weighted by Crippen LogP contribution is -2.01. The van der Waals surface area contributed by atoms with Crippen molar-refractivity contribution in [2.24, 2.45) is 17.8 Å². The SMILES string of the molecule is CC(=O)CCC[C@H](C)CCC[C@@H](C)CCCC(C)C. The van der Waals surface area contributed by atoms with Gasteiger partial charge in [0.25, 0.3) is 0 Å². The van der Waals surface area contributed by atoms with Gasteiger partial charge in [-0.25, -0.2) is 0 Å². The molecule has 0 aliphatic heterocycles. The van der Waals surface area contributed by atoms with Crippen molar-refractivity contribution in [1.82, 2.24) is 0 Å². The Morgan fingerprint density at radius 3 is 1.58 bits per heavy atom. The van der Waals surface area contributed by atoms with Gasteiger partial charge in [0.2, 0.25) is 0 Å². The number of rotatable bonds is 12. The first kappa shape index (κ1) is 18.7. The van der Waals surface area contributed by atoms with E-state index in [2.05, 4.69) is 27.7 Å². The molecular weight excluding hydrogens is 232 g/mol. The average molecular weight is 268 g/mol. The summed E-state index contributed by atoms with van der Waals surface area (Å²) >= 11 is 0. The molecule has 19 heavy (non-hydrogen) atoms. The van der Waals surface area contributed by atoms with Crippen LogP contribution in [0.2, 0.25) is 0 Å². The van der Waals surface area contributed by atoms with Gasteiger partial charge in [-0.3, -0.25) is 0 Å². The molecule has 0 aliphatic rings. The van der Waals surface area contributed by atoms with Gasteiger partial charge < -0.3 is 4.79 Å². The molecule has 114 valence electrons. The molecule has 0 fully saturated rings. The quantitative estimate of drug-likeness (QED) is 0.423. The van der Waals surface area contributed by atoms with Crippen LogP contribution in [0.4, 0.5) is 0 Å². The van der Waals surface area contributed by atoms with Crippen LogP contribution in [0, 0.1) is 17.8 Å². The van der Waals surface area contributed by atoms with Crippen LogP contribution in [0.3, 0.4) is 0 Å². The lowest BCUT2D eigenvalue weighted by atomic mass is 9.92. The summed E-state index contributed by atoms with van der Waals surface area (Å²) in [7, 11) is 0. The molecule has 0 unspecified atom stereocenters. The van der Waals surface area contributed by atoms with Crippen molar-refractivity contribution in [2.45, 2.75) is 92.4 Å². The highest BCUT2D eigenvalue weighted by atomic mass is 16.1. The van der Waals surface area contributed by atoms with Crippen molar-refractivity contribution in [1.29, 1.82) is 0 Å². The monoisotopic (exact) mass is 268 g/mol. The second-order valence-electron chi connectivity index (χ2n) is 7.06. The third-order valence-electron chi connectivity index (χ3n) is 4.10. The summed E-state index contributed by atoms with van der Waals surface area (Å²) in [6.07, 6.45) is 11.3. The van der Waals surface area contributed by atoms with Gasteiger partial charge in [-0.15, -0.1) is 0 Å². The molecule has 0 aliphatic carbocycles. The largest absolute Gasteiger partial charge is 0.300 e. The van der Waals surface area contributed by atoms with E-state index in [1.165, 1.54) is 44.9 Å². The predicted molar refractivity (Wildman–Crippen MR) is 85.4 cm³/mol. The summed E-state index contributed by atoms with van der Waals surface area (Å²) in [6, 6.07) is 0. The molecule has 0 bridgehead atoms. The fourth-order valence-electron chi connectivity index (χ4n) is 2.68. The van der Waals surface area contributed by atoms with Crippen LogP contribution in [0.5, 0.6) is 0 Å². The van der Waals surface area contributed by atoms with Crippen molar-refractivity contribution in [3.05, 3.63) is 0 Å². The lowest BCUT2D eigenvalue weighted by Gasteiger charge is -2.14. The Balaban J connectivity index is 3.42. The van der Waals surface area contributed by atoms with Crippen LogP contribution < -0.4 is 0 Å². The maximum absolute atomic E-state index is 10.9. The maximum Gasteiger partial charge on any atom is 0.129 e. The topological polar surface area (TPSA) is 17.1 Å². The third-order valence-corrected chi connectivity index (χ3v) is 4.10. The summed E-state index contributed by atoms with van der Waals surface area (Å²) in [5.41, 5.74) is 0. The van der Waals surface area contributed by atoms with Crippen LogP contribution in [-0.4, -0.2) is 5.78 Å². The number of carbonyl (C=O) groups is 1. The second kappa shape index (κ2) is 11.5. The van der Waals surface area contributed by atoms with Crippen molar-refractivity contribution >= 4 is 5.78 Å². The van der Waals surface area contributed by atoms with E-state index in [1.54, 1.807) is 6.92 Å². The van der Waals surface area contributed by atoms with E-state index < -0.39 is 0 Å².